The van der Waals surface area contributed by atoms with Crippen LogP contribution in [0.5, 0.6) is 0 Å². The summed E-state index contributed by atoms with van der Waals surface area (Å²) in [6.45, 7) is 2.53. The van der Waals surface area contributed by atoms with E-state index < -0.39 is 5.66 Å². The van der Waals surface area contributed by atoms with E-state index in [9.17, 15) is 14.4 Å². The molecule has 2 saturated heterocycles. The Kier molecular flexibility index (Phi) is 4.34. The minimum Gasteiger partial charge on any atom is -0.334 e. The molecule has 2 aromatic rings. The van der Waals surface area contributed by atoms with Gasteiger partial charge in [-0.3, -0.25) is 24.3 Å². The lowest BCUT2D eigenvalue weighted by atomic mass is 9.98. The van der Waals surface area contributed by atoms with Crippen LogP contribution in [0.2, 0.25) is 0 Å². The van der Waals surface area contributed by atoms with E-state index in [1.165, 1.54) is 0 Å². The van der Waals surface area contributed by atoms with Gasteiger partial charge in [0.15, 0.2) is 0 Å². The van der Waals surface area contributed by atoms with Crippen LogP contribution >= 0.6 is 0 Å². The van der Waals surface area contributed by atoms with Gasteiger partial charge in [0.2, 0.25) is 11.8 Å². The van der Waals surface area contributed by atoms with Crippen LogP contribution in [0.15, 0.2) is 48.8 Å². The fourth-order valence-corrected chi connectivity index (χ4v) is 5.16. The summed E-state index contributed by atoms with van der Waals surface area (Å²) in [7, 11) is 0. The SMILES string of the molecule is C[C@@]12CCC(=O)N1c1ccccc1C(=O)N2CC(=O)N1CCC[C@H]1c1ccncc1. The molecule has 5 rings (SSSR count). The van der Waals surface area contributed by atoms with Crippen molar-refractivity contribution in [3.05, 3.63) is 59.9 Å². The molecule has 0 saturated carbocycles. The van der Waals surface area contributed by atoms with Gasteiger partial charge < -0.3 is 9.80 Å². The van der Waals surface area contributed by atoms with Crippen molar-refractivity contribution in [1.82, 2.24) is 14.8 Å². The zero-order valence-corrected chi connectivity index (χ0v) is 17.0. The Labute approximate surface area is 175 Å². The molecule has 0 N–H and O–H groups in total. The molecule has 7 nitrogen and oxygen atoms in total. The predicted octanol–water partition coefficient (Wildman–Crippen LogP) is 2.74. The molecule has 0 unspecified atom stereocenters. The van der Waals surface area contributed by atoms with E-state index in [-0.39, 0.29) is 30.3 Å². The Balaban J connectivity index is 1.46. The van der Waals surface area contributed by atoms with Crippen LogP contribution in [-0.2, 0) is 9.59 Å². The maximum Gasteiger partial charge on any atom is 0.258 e. The smallest absolute Gasteiger partial charge is 0.258 e. The average molecular weight is 404 g/mol. The summed E-state index contributed by atoms with van der Waals surface area (Å²) in [5.41, 5.74) is 1.37. The summed E-state index contributed by atoms with van der Waals surface area (Å²) in [6.07, 6.45) is 6.19. The quantitative estimate of drug-likeness (QED) is 0.789. The molecule has 3 aliphatic heterocycles. The fraction of sp³-hybridized carbons (Fsp3) is 0.391. The molecule has 0 spiro atoms. The molecule has 0 aliphatic carbocycles. The number of hydrogen-bond donors (Lipinski definition) is 0. The predicted molar refractivity (Wildman–Crippen MR) is 111 cm³/mol. The van der Waals surface area contributed by atoms with Crippen molar-refractivity contribution in [1.29, 1.82) is 0 Å². The van der Waals surface area contributed by atoms with Crippen molar-refractivity contribution in [3.63, 3.8) is 0 Å². The van der Waals surface area contributed by atoms with Gasteiger partial charge in [0.25, 0.3) is 5.91 Å². The maximum atomic E-state index is 13.4. The largest absolute Gasteiger partial charge is 0.334 e. The van der Waals surface area contributed by atoms with Crippen LogP contribution in [0.4, 0.5) is 5.69 Å². The number of para-hydroxylation sites is 1. The summed E-state index contributed by atoms with van der Waals surface area (Å²) >= 11 is 0. The number of rotatable bonds is 3. The van der Waals surface area contributed by atoms with Gasteiger partial charge in [-0.25, -0.2) is 0 Å². The van der Waals surface area contributed by atoms with Gasteiger partial charge in [-0.05, 0) is 56.0 Å². The van der Waals surface area contributed by atoms with Gasteiger partial charge in [-0.15, -0.1) is 0 Å². The number of fused-ring (bicyclic) bond motifs is 3. The summed E-state index contributed by atoms with van der Waals surface area (Å²) in [5.74, 6) is -0.277. The molecule has 4 heterocycles. The van der Waals surface area contributed by atoms with Crippen molar-refractivity contribution in [2.75, 3.05) is 18.0 Å². The summed E-state index contributed by atoms with van der Waals surface area (Å²) in [4.78, 5) is 48.7. The van der Waals surface area contributed by atoms with E-state index in [2.05, 4.69) is 4.98 Å². The molecule has 7 heteroatoms. The molecular formula is C23H24N4O3. The van der Waals surface area contributed by atoms with Crippen molar-refractivity contribution in [2.24, 2.45) is 0 Å². The topological polar surface area (TPSA) is 73.8 Å². The molecule has 2 atom stereocenters. The van der Waals surface area contributed by atoms with E-state index in [1.54, 1.807) is 34.3 Å². The first kappa shape index (κ1) is 18.8. The van der Waals surface area contributed by atoms with Crippen molar-refractivity contribution in [2.45, 2.75) is 44.3 Å². The van der Waals surface area contributed by atoms with Gasteiger partial charge in [0.05, 0.1) is 17.3 Å². The lowest BCUT2D eigenvalue weighted by Crippen LogP contribution is -2.64. The number of hydrogen-bond acceptors (Lipinski definition) is 4. The monoisotopic (exact) mass is 404 g/mol. The Morgan fingerprint density at radius 3 is 2.73 bits per heavy atom. The lowest BCUT2D eigenvalue weighted by molar-refractivity contribution is -0.134. The van der Waals surface area contributed by atoms with Crippen LogP contribution in [0, 0.1) is 0 Å². The van der Waals surface area contributed by atoms with Gasteiger partial charge in [-0.2, -0.15) is 0 Å². The Morgan fingerprint density at radius 2 is 1.93 bits per heavy atom. The average Bonchev–Trinajstić information content (AvgIpc) is 3.37. The molecule has 0 bridgehead atoms. The zero-order valence-electron chi connectivity index (χ0n) is 17.0. The Bertz CT molecular complexity index is 1020. The van der Waals surface area contributed by atoms with Gasteiger partial charge in [-0.1, -0.05) is 12.1 Å². The van der Waals surface area contributed by atoms with E-state index in [0.717, 1.165) is 18.4 Å². The first-order valence-corrected chi connectivity index (χ1v) is 10.4. The van der Waals surface area contributed by atoms with Crippen molar-refractivity contribution in [3.8, 4) is 0 Å². The number of anilines is 1. The van der Waals surface area contributed by atoms with Gasteiger partial charge >= 0.3 is 0 Å². The highest BCUT2D eigenvalue weighted by Gasteiger charge is 2.53. The van der Waals surface area contributed by atoms with E-state index >= 15 is 0 Å². The van der Waals surface area contributed by atoms with Crippen molar-refractivity contribution < 1.29 is 14.4 Å². The van der Waals surface area contributed by atoms with Gasteiger partial charge in [0.1, 0.15) is 12.2 Å². The highest BCUT2D eigenvalue weighted by molar-refractivity contribution is 6.11. The highest BCUT2D eigenvalue weighted by atomic mass is 16.2. The number of carbonyl (C=O) groups excluding carboxylic acids is 3. The Hall–Kier alpha value is -3.22. The minimum atomic E-state index is -0.815. The number of carbonyl (C=O) groups is 3. The molecule has 1 aromatic carbocycles. The van der Waals surface area contributed by atoms with E-state index in [1.807, 2.05) is 36.1 Å². The second-order valence-corrected chi connectivity index (χ2v) is 8.38. The third-order valence-corrected chi connectivity index (χ3v) is 6.70. The molecule has 3 amide bonds. The molecule has 3 aliphatic rings. The molecule has 0 radical (unpaired) electrons. The summed E-state index contributed by atoms with van der Waals surface area (Å²) < 4.78 is 0. The number of benzene rings is 1. The van der Waals surface area contributed by atoms with Crippen LogP contribution in [0.1, 0.15) is 54.6 Å². The zero-order chi connectivity index (χ0) is 20.9. The third-order valence-electron chi connectivity index (χ3n) is 6.70. The lowest BCUT2D eigenvalue weighted by Gasteiger charge is -2.48. The van der Waals surface area contributed by atoms with Crippen molar-refractivity contribution >= 4 is 23.4 Å². The van der Waals surface area contributed by atoms with E-state index in [0.29, 0.717) is 30.6 Å². The second-order valence-electron chi connectivity index (χ2n) is 8.38. The number of pyridine rings is 1. The standard InChI is InChI=1S/C23H24N4O3/c1-23-11-8-20(28)27(23)19-6-3-2-5-17(19)22(30)26(23)15-21(29)25-14-4-7-18(25)16-9-12-24-13-10-16/h2-3,5-6,9-10,12-13,18H,4,7-8,11,14-15H2,1H3/t18-,23-/m0/s1. The van der Waals surface area contributed by atoms with Crippen LogP contribution in [0.3, 0.4) is 0 Å². The third kappa shape index (κ3) is 2.72. The molecule has 154 valence electrons. The van der Waals surface area contributed by atoms with Crippen LogP contribution < -0.4 is 4.90 Å². The Morgan fingerprint density at radius 1 is 1.17 bits per heavy atom. The van der Waals surface area contributed by atoms with E-state index in [4.69, 9.17) is 0 Å². The summed E-state index contributed by atoms with van der Waals surface area (Å²) in [6, 6.07) is 11.1. The molecular weight excluding hydrogens is 380 g/mol. The molecule has 2 fully saturated rings. The van der Waals surface area contributed by atoms with Crippen LogP contribution in [-0.4, -0.2) is 51.3 Å². The first-order valence-electron chi connectivity index (χ1n) is 10.4. The maximum absolute atomic E-state index is 13.4. The molecule has 30 heavy (non-hydrogen) atoms. The van der Waals surface area contributed by atoms with Crippen LogP contribution in [0.25, 0.3) is 0 Å². The van der Waals surface area contributed by atoms with Gasteiger partial charge in [0, 0.05) is 25.4 Å². The number of amides is 3. The normalized spacial score (nSPS) is 25.5. The fourth-order valence-electron chi connectivity index (χ4n) is 5.16. The minimum absolute atomic E-state index is 0.00166. The number of likely N-dealkylation sites (tertiary alicyclic amines) is 1. The first-order chi connectivity index (χ1) is 14.5. The number of aromatic nitrogens is 1. The number of nitrogens with zero attached hydrogens (tertiary/aromatic N) is 4. The summed E-state index contributed by atoms with van der Waals surface area (Å²) in [5, 5.41) is 0. The highest BCUT2D eigenvalue weighted by Crippen LogP contribution is 2.44. The second kappa shape index (κ2) is 6.93. The molecule has 1 aromatic heterocycles.